The van der Waals surface area contributed by atoms with Crippen molar-refractivity contribution < 1.29 is 0 Å². The summed E-state index contributed by atoms with van der Waals surface area (Å²) in [7, 11) is 0. The largest absolute Gasteiger partial charge is 0.212 e. The van der Waals surface area contributed by atoms with Crippen molar-refractivity contribution in [2.24, 2.45) is 5.10 Å². The van der Waals surface area contributed by atoms with Crippen LogP contribution in [-0.2, 0) is 0 Å². The van der Waals surface area contributed by atoms with E-state index in [1.807, 2.05) is 11.8 Å². The maximum absolute atomic E-state index is 4.89. The number of rotatable bonds is 1. The number of nitrogens with zero attached hydrogens (tertiary/aromatic N) is 4. The Morgan fingerprint density at radius 2 is 1.79 bits per heavy atom. The van der Waals surface area contributed by atoms with Crippen molar-refractivity contribution in [1.82, 2.24) is 14.9 Å². The first-order chi connectivity index (χ1) is 9.42. The fourth-order valence-electron chi connectivity index (χ4n) is 3.52. The molecule has 4 rings (SSSR count). The van der Waals surface area contributed by atoms with E-state index in [1.165, 1.54) is 63.5 Å². The monoisotopic (exact) mass is 276 g/mol. The Hall–Kier alpha value is -0.840. The minimum Gasteiger partial charge on any atom is -0.191 e. The Kier molecular flexibility index (Phi) is 3.10. The summed E-state index contributed by atoms with van der Waals surface area (Å²) in [6.45, 7) is 0. The summed E-state index contributed by atoms with van der Waals surface area (Å²) < 4.78 is 2.07. The molecule has 19 heavy (non-hydrogen) atoms. The molecule has 2 fully saturated rings. The van der Waals surface area contributed by atoms with Crippen molar-refractivity contribution in [2.75, 3.05) is 0 Å². The summed E-state index contributed by atoms with van der Waals surface area (Å²) in [5.41, 5.74) is 1.38. The summed E-state index contributed by atoms with van der Waals surface area (Å²) in [6.07, 6.45) is 11.6. The first-order valence-corrected chi connectivity index (χ1v) is 8.49. The molecular formula is C14H20N4S. The molecule has 0 bridgehead atoms. The number of aromatic nitrogens is 3. The first-order valence-electron chi connectivity index (χ1n) is 7.61. The van der Waals surface area contributed by atoms with E-state index in [4.69, 9.17) is 5.10 Å². The molecule has 1 unspecified atom stereocenters. The third kappa shape index (κ3) is 2.12. The van der Waals surface area contributed by atoms with Crippen LogP contribution in [-0.4, -0.2) is 25.8 Å². The third-order valence-corrected chi connectivity index (χ3v) is 5.86. The fourth-order valence-corrected chi connectivity index (χ4v) is 4.68. The van der Waals surface area contributed by atoms with Gasteiger partial charge in [-0.25, -0.2) is 0 Å². The lowest BCUT2D eigenvalue weighted by molar-refractivity contribution is 0.416. The molecular weight excluding hydrogens is 256 g/mol. The van der Waals surface area contributed by atoms with Gasteiger partial charge in [0.1, 0.15) is 0 Å². The zero-order chi connectivity index (χ0) is 12.7. The topological polar surface area (TPSA) is 43.1 Å². The van der Waals surface area contributed by atoms with Crippen LogP contribution in [0.25, 0.3) is 0 Å². The van der Waals surface area contributed by atoms with Crippen LogP contribution in [0.2, 0.25) is 0 Å². The van der Waals surface area contributed by atoms with Gasteiger partial charge in [0.2, 0.25) is 5.16 Å². The van der Waals surface area contributed by atoms with Gasteiger partial charge in [-0.3, -0.25) is 0 Å². The van der Waals surface area contributed by atoms with Crippen LogP contribution in [0.3, 0.4) is 0 Å². The molecule has 1 aliphatic heterocycles. The second-order valence-corrected chi connectivity index (χ2v) is 7.10. The lowest BCUT2D eigenvalue weighted by atomic mass is 9.89. The van der Waals surface area contributed by atoms with Crippen LogP contribution in [0.15, 0.2) is 10.3 Å². The number of fused-ring (bicyclic) bond motifs is 2. The van der Waals surface area contributed by atoms with Crippen LogP contribution in [0, 0.1) is 0 Å². The summed E-state index contributed by atoms with van der Waals surface area (Å²) >= 11 is 1.88. The predicted octanol–water partition coefficient (Wildman–Crippen LogP) is 3.58. The highest BCUT2D eigenvalue weighted by Gasteiger charge is 2.31. The van der Waals surface area contributed by atoms with Gasteiger partial charge < -0.3 is 0 Å². The van der Waals surface area contributed by atoms with E-state index in [-0.39, 0.29) is 0 Å². The highest BCUT2D eigenvalue weighted by atomic mass is 32.2. The average molecular weight is 276 g/mol. The lowest BCUT2D eigenvalue weighted by Crippen LogP contribution is -2.27. The fraction of sp³-hybridized carbons (Fsp3) is 0.786. The van der Waals surface area contributed by atoms with Crippen molar-refractivity contribution in [3.05, 3.63) is 5.82 Å². The van der Waals surface area contributed by atoms with Gasteiger partial charge in [0, 0.05) is 5.92 Å². The van der Waals surface area contributed by atoms with Crippen molar-refractivity contribution >= 4 is 17.5 Å². The highest BCUT2D eigenvalue weighted by Crippen LogP contribution is 2.38. The summed E-state index contributed by atoms with van der Waals surface area (Å²) in [5, 5.41) is 15.3. The molecule has 5 heteroatoms. The third-order valence-electron chi connectivity index (χ3n) is 4.60. The molecule has 0 spiro atoms. The van der Waals surface area contributed by atoms with Crippen molar-refractivity contribution in [3.63, 3.8) is 0 Å². The van der Waals surface area contributed by atoms with Gasteiger partial charge in [-0.05, 0) is 32.1 Å². The zero-order valence-corrected chi connectivity index (χ0v) is 12.0. The van der Waals surface area contributed by atoms with Gasteiger partial charge in [0.15, 0.2) is 5.82 Å². The Bertz CT molecular complexity index is 502. The maximum Gasteiger partial charge on any atom is 0.212 e. The SMILES string of the molecule is C1CCC(c2nnc3n2N=C2CCCCC2S3)CC1. The molecule has 3 aliphatic rings. The molecule has 0 radical (unpaired) electrons. The van der Waals surface area contributed by atoms with Crippen LogP contribution >= 0.6 is 11.8 Å². The Morgan fingerprint density at radius 1 is 0.947 bits per heavy atom. The van der Waals surface area contributed by atoms with E-state index in [1.54, 1.807) is 0 Å². The second kappa shape index (κ2) is 4.93. The summed E-state index contributed by atoms with van der Waals surface area (Å²) in [6, 6.07) is 0. The van der Waals surface area contributed by atoms with E-state index in [2.05, 4.69) is 14.9 Å². The van der Waals surface area contributed by atoms with Crippen LogP contribution in [0.1, 0.15) is 69.5 Å². The first kappa shape index (κ1) is 11.9. The molecule has 0 N–H and O–H groups in total. The smallest absolute Gasteiger partial charge is 0.191 e. The summed E-state index contributed by atoms with van der Waals surface area (Å²) in [5.74, 6) is 1.71. The zero-order valence-electron chi connectivity index (χ0n) is 11.2. The van der Waals surface area contributed by atoms with Crippen molar-refractivity contribution in [1.29, 1.82) is 0 Å². The van der Waals surface area contributed by atoms with Gasteiger partial charge in [0.05, 0.1) is 11.0 Å². The predicted molar refractivity (Wildman–Crippen MR) is 76.8 cm³/mol. The van der Waals surface area contributed by atoms with Gasteiger partial charge in [-0.15, -0.1) is 10.2 Å². The normalized spacial score (nSPS) is 27.6. The molecule has 4 nitrogen and oxygen atoms in total. The van der Waals surface area contributed by atoms with Crippen molar-refractivity contribution in [3.8, 4) is 0 Å². The molecule has 1 aromatic heterocycles. The van der Waals surface area contributed by atoms with Gasteiger partial charge >= 0.3 is 0 Å². The van der Waals surface area contributed by atoms with Crippen LogP contribution < -0.4 is 0 Å². The van der Waals surface area contributed by atoms with E-state index in [0.717, 1.165) is 11.0 Å². The Labute approximate surface area is 118 Å². The molecule has 1 aromatic rings. The van der Waals surface area contributed by atoms with E-state index in [0.29, 0.717) is 11.2 Å². The van der Waals surface area contributed by atoms with Crippen molar-refractivity contribution in [2.45, 2.75) is 74.1 Å². The molecule has 2 heterocycles. The maximum atomic E-state index is 4.89. The number of hydrogen-bond donors (Lipinski definition) is 0. The van der Waals surface area contributed by atoms with Crippen LogP contribution in [0.4, 0.5) is 0 Å². The van der Waals surface area contributed by atoms with Gasteiger partial charge in [-0.2, -0.15) is 9.78 Å². The minimum absolute atomic E-state index is 0.574. The lowest BCUT2D eigenvalue weighted by Gasteiger charge is -2.27. The second-order valence-electron chi connectivity index (χ2n) is 5.93. The summed E-state index contributed by atoms with van der Waals surface area (Å²) in [4.78, 5) is 0. The standard InChI is InChI=1S/C14H20N4S/c1-2-6-10(7-3-1)13-15-16-14-18(13)17-11-8-4-5-9-12(11)19-14/h10,12H,1-9H2. The van der Waals surface area contributed by atoms with Crippen LogP contribution in [0.5, 0.6) is 0 Å². The van der Waals surface area contributed by atoms with E-state index in [9.17, 15) is 0 Å². The molecule has 102 valence electrons. The molecule has 0 saturated heterocycles. The molecule has 2 aliphatic carbocycles. The molecule has 2 saturated carbocycles. The van der Waals surface area contributed by atoms with E-state index < -0.39 is 0 Å². The van der Waals surface area contributed by atoms with Gasteiger partial charge in [0.25, 0.3) is 0 Å². The Balaban J connectivity index is 1.67. The number of thioether (sulfide) groups is 1. The quantitative estimate of drug-likeness (QED) is 0.787. The minimum atomic E-state index is 0.574. The average Bonchev–Trinajstić information content (AvgIpc) is 2.88. The Morgan fingerprint density at radius 3 is 2.68 bits per heavy atom. The molecule has 1 atom stereocenters. The molecule has 0 aromatic carbocycles. The number of hydrogen-bond acceptors (Lipinski definition) is 4. The highest BCUT2D eigenvalue weighted by molar-refractivity contribution is 8.00. The molecule has 0 amide bonds. The van der Waals surface area contributed by atoms with Gasteiger partial charge in [-0.1, -0.05) is 37.4 Å². The van der Waals surface area contributed by atoms with E-state index >= 15 is 0 Å².